The fourth-order valence-corrected chi connectivity index (χ4v) is 9.09. The number of benzene rings is 3. The molecule has 0 bridgehead atoms. The summed E-state index contributed by atoms with van der Waals surface area (Å²) in [5.74, 6) is -13.0. The molecule has 432 valence electrons. The molecule has 2 N–H and O–H groups in total. The van der Waals surface area contributed by atoms with Crippen molar-refractivity contribution in [3.8, 4) is 0 Å². The second-order valence-electron chi connectivity index (χ2n) is 17.4. The molecule has 8 amide bonds. The second-order valence-corrected chi connectivity index (χ2v) is 21.8. The Labute approximate surface area is 525 Å². The number of hydrogen-bond donors (Lipinski definition) is 2. The van der Waals surface area contributed by atoms with Gasteiger partial charge in [-0.15, -0.1) is 0 Å². The van der Waals surface area contributed by atoms with Crippen LogP contribution in [-0.2, 0) is 98.7 Å². The smallest absolute Gasteiger partial charge is 0.780 e. The molecule has 7 rings (SSSR count). The van der Waals surface area contributed by atoms with E-state index < -0.39 is 147 Å². The maximum Gasteiger partial charge on any atom is 1.00 e. The Kier molecular flexibility index (Phi) is 27.1. The molecule has 0 atom stereocenters. The van der Waals surface area contributed by atoms with Gasteiger partial charge in [0.05, 0.1) is 18.8 Å². The summed E-state index contributed by atoms with van der Waals surface area (Å²) in [5, 5.41) is 19.1. The first-order chi connectivity index (χ1) is 38.2. The number of halogens is 2. The standard InChI is InChI=1S/C29H24N2O10S2.C17H14Br2N2O10.C6H6S.CH4.Na/c1-29(28(38)39,16-40-24(34)14-30-22(32)12-20(26(30)36)42-18-8-4-2-5-9-18)17-41-25(35)15-31-23(33)13-21(27(31)37)43-19-10-6-3-7-11-19;1-17(16(28)29,6-30-12(24)4-20-10(22)2-8(18)14(20)26)7-31-13(25)5-21-11(23)3-9(19)15(21)27;7-6-4-2-1-3-5-6;;/h2-13H,14-17H2,1H3,(H,38,39);2-3H,4-7H2,1H3,(H,28,29);1-5,7H;1H4;/q;;;;+1/p-1. The van der Waals surface area contributed by atoms with Crippen LogP contribution in [0.3, 0.4) is 0 Å². The van der Waals surface area contributed by atoms with Crippen LogP contribution < -0.4 is 29.6 Å². The maximum absolute atomic E-state index is 12.6. The number of carboxylic acids is 2. The van der Waals surface area contributed by atoms with E-state index in [0.29, 0.717) is 29.4 Å². The molecule has 4 aliphatic heterocycles. The molecule has 0 aliphatic carbocycles. The number of carbonyl (C=O) groups is 14. The number of thioether (sulfide) groups is 2. The molecule has 30 heteroatoms. The summed E-state index contributed by atoms with van der Waals surface area (Å²) in [6.07, 6.45) is 4.15. The molecule has 0 spiro atoms. The van der Waals surface area contributed by atoms with E-state index in [-0.39, 0.29) is 55.8 Å². The summed E-state index contributed by atoms with van der Waals surface area (Å²) in [5.41, 5.74) is -3.79. The van der Waals surface area contributed by atoms with E-state index in [9.17, 15) is 77.3 Å². The van der Waals surface area contributed by atoms with Crippen molar-refractivity contribution >= 4 is 151 Å². The summed E-state index contributed by atoms with van der Waals surface area (Å²) in [6, 6.07) is 27.3. The Morgan fingerprint density at radius 3 is 0.940 bits per heavy atom. The monoisotopic (exact) mass is 1340 g/mol. The zero-order chi connectivity index (χ0) is 59.8. The Bertz CT molecular complexity index is 3030. The molecule has 3 aromatic rings. The van der Waals surface area contributed by atoms with Gasteiger partial charge >= 0.3 is 65.4 Å². The van der Waals surface area contributed by atoms with E-state index in [2.05, 4.69) is 31.9 Å². The molecule has 4 heterocycles. The molecule has 24 nitrogen and oxygen atoms in total. The summed E-state index contributed by atoms with van der Waals surface area (Å²) in [4.78, 5) is 174. The number of carboxylic acid groups (broad SMARTS) is 2. The van der Waals surface area contributed by atoms with Crippen molar-refractivity contribution in [2.24, 2.45) is 10.8 Å². The Balaban J connectivity index is 0.000000395. The van der Waals surface area contributed by atoms with Gasteiger partial charge in [0.25, 0.3) is 47.3 Å². The minimum Gasteiger partial charge on any atom is -0.780 e. The van der Waals surface area contributed by atoms with Gasteiger partial charge < -0.3 is 41.8 Å². The van der Waals surface area contributed by atoms with E-state index in [1.54, 1.807) is 60.7 Å². The minimum absolute atomic E-state index is 0. The van der Waals surface area contributed by atoms with Crippen molar-refractivity contribution in [1.82, 2.24) is 19.6 Å². The van der Waals surface area contributed by atoms with Crippen LogP contribution in [0.25, 0.3) is 0 Å². The second kappa shape index (κ2) is 32.1. The quantitative estimate of drug-likeness (QED) is 0.0465. The Morgan fingerprint density at radius 2 is 0.711 bits per heavy atom. The van der Waals surface area contributed by atoms with Crippen molar-refractivity contribution in [2.75, 3.05) is 52.6 Å². The minimum atomic E-state index is -1.91. The van der Waals surface area contributed by atoms with Crippen molar-refractivity contribution < 1.29 is 126 Å². The average Bonchev–Trinajstić information content (AvgIpc) is 4.26. The average molecular weight is 1340 g/mol. The summed E-state index contributed by atoms with van der Waals surface area (Å²) in [7, 11) is 0. The first-order valence-electron chi connectivity index (χ1n) is 23.1. The third kappa shape index (κ3) is 20.0. The van der Waals surface area contributed by atoms with Crippen LogP contribution in [0.5, 0.6) is 0 Å². The fraction of sp³-hybridized carbons (Fsp3) is 0.245. The molecule has 0 saturated heterocycles. The number of aliphatic carboxylic acids is 2. The number of imide groups is 4. The van der Waals surface area contributed by atoms with Crippen molar-refractivity contribution in [3.63, 3.8) is 0 Å². The van der Waals surface area contributed by atoms with Gasteiger partial charge in [-0.05, 0) is 70.0 Å². The van der Waals surface area contributed by atoms with Crippen LogP contribution >= 0.6 is 55.4 Å². The maximum atomic E-state index is 12.6. The van der Waals surface area contributed by atoms with Crippen molar-refractivity contribution in [3.05, 3.63) is 134 Å². The number of carbonyl (C=O) groups excluding carboxylic acids is 12. The first kappa shape index (κ1) is 70.1. The molecule has 0 fully saturated rings. The predicted octanol–water partition coefficient (Wildman–Crippen LogP) is 0.945. The molecular formula is C53H47Br2N4NaO20S3. The third-order valence-electron chi connectivity index (χ3n) is 11.0. The van der Waals surface area contributed by atoms with Gasteiger partial charge in [0.15, 0.2) is 0 Å². The molecule has 4 aliphatic rings. The molecule has 3 aromatic carbocycles. The zero-order valence-electron chi connectivity index (χ0n) is 43.1. The Morgan fingerprint density at radius 1 is 0.458 bits per heavy atom. The fourth-order valence-electron chi connectivity index (χ4n) is 6.31. The van der Waals surface area contributed by atoms with Gasteiger partial charge in [0.1, 0.15) is 63.4 Å². The predicted molar refractivity (Wildman–Crippen MR) is 296 cm³/mol. The molecule has 0 radical (unpaired) electrons. The van der Waals surface area contributed by atoms with Gasteiger partial charge in [-0.1, -0.05) is 97.7 Å². The number of hydrogen-bond acceptors (Lipinski definition) is 21. The van der Waals surface area contributed by atoms with Crippen molar-refractivity contribution in [1.29, 1.82) is 0 Å². The van der Waals surface area contributed by atoms with E-state index in [1.807, 2.05) is 30.3 Å². The SMILES string of the molecule is C.CC(COC(=O)CN1C(=O)C=C(Br)C1=O)(COC(=O)CN1C(=O)C=C(Br)C1=O)C(=O)O.CC(COC(=O)CN1C(=O)C=C(Sc2ccccc2)C1=O)(COC(=O)CN1C(=O)C=C(Sc2ccccc2)C1=O)C(=O)O.[Na+].[S-]c1ccccc1. The number of nitrogens with zero attached hydrogens (tertiary/aromatic N) is 4. The van der Waals surface area contributed by atoms with E-state index in [0.717, 1.165) is 66.6 Å². The van der Waals surface area contributed by atoms with Crippen LogP contribution in [0.4, 0.5) is 0 Å². The number of ether oxygens (including phenoxy) is 4. The van der Waals surface area contributed by atoms with Crippen LogP contribution in [-0.4, -0.2) is 165 Å². The number of amides is 8. The summed E-state index contributed by atoms with van der Waals surface area (Å²) in [6.45, 7) is -3.70. The summed E-state index contributed by atoms with van der Waals surface area (Å²) < 4.78 is 19.7. The number of rotatable bonds is 22. The van der Waals surface area contributed by atoms with Crippen LogP contribution in [0, 0.1) is 10.8 Å². The molecular weight excluding hydrogens is 1290 g/mol. The van der Waals surface area contributed by atoms with Gasteiger partial charge in [0, 0.05) is 34.1 Å². The first-order valence-corrected chi connectivity index (χ1v) is 26.7. The normalized spacial score (nSPS) is 14.7. The largest absolute Gasteiger partial charge is 1.00 e. The van der Waals surface area contributed by atoms with Gasteiger partial charge in [-0.3, -0.25) is 86.7 Å². The van der Waals surface area contributed by atoms with Crippen LogP contribution in [0.1, 0.15) is 21.3 Å². The Hall–Kier alpha value is -7.12. The summed E-state index contributed by atoms with van der Waals surface area (Å²) >= 11 is 12.6. The number of esters is 4. The topological polar surface area (TPSA) is 329 Å². The van der Waals surface area contributed by atoms with E-state index in [1.165, 1.54) is 0 Å². The van der Waals surface area contributed by atoms with E-state index in [4.69, 9.17) is 31.6 Å². The van der Waals surface area contributed by atoms with E-state index >= 15 is 0 Å². The van der Waals surface area contributed by atoms with Gasteiger partial charge in [-0.25, -0.2) is 0 Å². The van der Waals surface area contributed by atoms with Crippen molar-refractivity contribution in [2.45, 2.75) is 36.0 Å². The van der Waals surface area contributed by atoms with Crippen LogP contribution in [0.2, 0.25) is 0 Å². The zero-order valence-corrected chi connectivity index (χ0v) is 50.8. The molecule has 0 saturated carbocycles. The third-order valence-corrected chi connectivity index (χ3v) is 14.4. The van der Waals surface area contributed by atoms with Gasteiger partial charge in [-0.2, -0.15) is 4.90 Å². The molecule has 0 aromatic heterocycles. The molecule has 83 heavy (non-hydrogen) atoms. The molecule has 0 unspecified atom stereocenters. The van der Waals surface area contributed by atoms with Gasteiger partial charge in [0.2, 0.25) is 0 Å². The van der Waals surface area contributed by atoms with Crippen LogP contribution in [0.15, 0.2) is 149 Å².